The van der Waals surface area contributed by atoms with Crippen LogP contribution in [0.5, 0.6) is 0 Å². The van der Waals surface area contributed by atoms with Crippen molar-refractivity contribution in [2.24, 2.45) is 5.73 Å². The third-order valence-electron chi connectivity index (χ3n) is 1.16. The van der Waals surface area contributed by atoms with Crippen LogP contribution in [0.25, 0.3) is 0 Å². The standard InChI is InChI=1S/C8H12FN/c1-4-8(10)5-6(2)7(3)9/h4-5H,1,10H2,2-3H3/b7-6+,8-5+. The highest BCUT2D eigenvalue weighted by molar-refractivity contribution is 5.26. The van der Waals surface area contributed by atoms with E-state index in [1.54, 1.807) is 13.0 Å². The smallest absolute Gasteiger partial charge is 0.0998 e. The van der Waals surface area contributed by atoms with Gasteiger partial charge in [0.25, 0.3) is 0 Å². The molecule has 0 aromatic heterocycles. The van der Waals surface area contributed by atoms with Crippen molar-refractivity contribution in [2.45, 2.75) is 13.8 Å². The Balaban J connectivity index is 4.42. The number of hydrogen-bond donors (Lipinski definition) is 1. The first-order chi connectivity index (χ1) is 4.57. The molecule has 2 N–H and O–H groups in total. The Hall–Kier alpha value is -1.05. The van der Waals surface area contributed by atoms with Gasteiger partial charge in [0.15, 0.2) is 0 Å². The summed E-state index contributed by atoms with van der Waals surface area (Å²) in [5, 5.41) is 0. The van der Waals surface area contributed by atoms with Crippen LogP contribution in [0, 0.1) is 0 Å². The molecular formula is C8H12FN. The highest BCUT2D eigenvalue weighted by Crippen LogP contribution is 2.06. The molecule has 0 unspecified atom stereocenters. The molecule has 0 aromatic carbocycles. The number of rotatable bonds is 2. The van der Waals surface area contributed by atoms with Gasteiger partial charge in [-0.15, -0.1) is 0 Å². The van der Waals surface area contributed by atoms with Crippen molar-refractivity contribution in [3.63, 3.8) is 0 Å². The van der Waals surface area contributed by atoms with Gasteiger partial charge in [0, 0.05) is 5.70 Å². The Bertz CT molecular complexity index is 185. The number of nitrogens with two attached hydrogens (primary N) is 1. The number of hydrogen-bond acceptors (Lipinski definition) is 1. The lowest BCUT2D eigenvalue weighted by molar-refractivity contribution is 0.631. The Kier molecular flexibility index (Phi) is 3.47. The molecular weight excluding hydrogens is 129 g/mol. The molecule has 0 heterocycles. The molecule has 0 saturated heterocycles. The second kappa shape index (κ2) is 3.88. The second-order valence-corrected chi connectivity index (χ2v) is 2.06. The van der Waals surface area contributed by atoms with E-state index in [1.165, 1.54) is 13.0 Å². The summed E-state index contributed by atoms with van der Waals surface area (Å²) in [5.74, 6) is -0.218. The van der Waals surface area contributed by atoms with Crippen LogP contribution in [0.15, 0.2) is 35.8 Å². The third-order valence-corrected chi connectivity index (χ3v) is 1.16. The average Bonchev–Trinajstić information content (AvgIpc) is 1.87. The predicted octanol–water partition coefficient (Wildman–Crippen LogP) is 2.28. The van der Waals surface area contributed by atoms with Crippen molar-refractivity contribution in [1.29, 1.82) is 0 Å². The second-order valence-electron chi connectivity index (χ2n) is 2.06. The average molecular weight is 141 g/mol. The molecule has 0 aromatic rings. The molecule has 56 valence electrons. The summed E-state index contributed by atoms with van der Waals surface area (Å²) in [5.41, 5.74) is 6.37. The molecule has 0 spiro atoms. The molecule has 0 aliphatic carbocycles. The van der Waals surface area contributed by atoms with Gasteiger partial charge in [-0.3, -0.25) is 0 Å². The number of allylic oxidation sites excluding steroid dienone is 4. The molecule has 0 atom stereocenters. The summed E-state index contributed by atoms with van der Waals surface area (Å²) in [7, 11) is 0. The van der Waals surface area contributed by atoms with Gasteiger partial charge >= 0.3 is 0 Å². The lowest BCUT2D eigenvalue weighted by Gasteiger charge is -1.93. The van der Waals surface area contributed by atoms with Gasteiger partial charge < -0.3 is 5.73 Å². The van der Waals surface area contributed by atoms with E-state index in [4.69, 9.17) is 5.73 Å². The maximum atomic E-state index is 12.3. The van der Waals surface area contributed by atoms with Gasteiger partial charge in [-0.05, 0) is 31.6 Å². The van der Waals surface area contributed by atoms with Gasteiger partial charge in [0.2, 0.25) is 0 Å². The number of halogens is 1. The molecule has 0 rings (SSSR count). The zero-order chi connectivity index (χ0) is 8.15. The summed E-state index contributed by atoms with van der Waals surface area (Å²) in [4.78, 5) is 0. The molecule has 0 fully saturated rings. The van der Waals surface area contributed by atoms with Crippen LogP contribution in [0.1, 0.15) is 13.8 Å². The molecule has 0 radical (unpaired) electrons. The molecule has 0 amide bonds. The van der Waals surface area contributed by atoms with Gasteiger partial charge in [-0.2, -0.15) is 0 Å². The van der Waals surface area contributed by atoms with E-state index in [9.17, 15) is 4.39 Å². The summed E-state index contributed by atoms with van der Waals surface area (Å²) in [6.45, 7) is 6.48. The molecule has 10 heavy (non-hydrogen) atoms. The SMILES string of the molecule is C=C/C(N)=C\C(C)=C(/C)F. The van der Waals surface area contributed by atoms with Crippen molar-refractivity contribution < 1.29 is 4.39 Å². The van der Waals surface area contributed by atoms with Crippen molar-refractivity contribution in [2.75, 3.05) is 0 Å². The van der Waals surface area contributed by atoms with E-state index < -0.39 is 0 Å². The van der Waals surface area contributed by atoms with Crippen LogP contribution in [-0.4, -0.2) is 0 Å². The maximum Gasteiger partial charge on any atom is 0.0998 e. The minimum Gasteiger partial charge on any atom is -0.399 e. The van der Waals surface area contributed by atoms with Gasteiger partial charge in [0.1, 0.15) is 0 Å². The van der Waals surface area contributed by atoms with Crippen molar-refractivity contribution in [3.05, 3.63) is 35.8 Å². The van der Waals surface area contributed by atoms with Crippen LogP contribution in [0.4, 0.5) is 4.39 Å². The van der Waals surface area contributed by atoms with Crippen LogP contribution in [-0.2, 0) is 0 Å². The Morgan fingerprint density at radius 1 is 1.50 bits per heavy atom. The first-order valence-electron chi connectivity index (χ1n) is 3.00. The quantitative estimate of drug-likeness (QED) is 0.586. The Morgan fingerprint density at radius 3 is 2.30 bits per heavy atom. The van der Waals surface area contributed by atoms with Gasteiger partial charge in [-0.25, -0.2) is 4.39 Å². The summed E-state index contributed by atoms with van der Waals surface area (Å²) in [6, 6.07) is 0. The molecule has 0 saturated carbocycles. The van der Waals surface area contributed by atoms with E-state index in [0.717, 1.165) is 0 Å². The van der Waals surface area contributed by atoms with E-state index in [2.05, 4.69) is 6.58 Å². The van der Waals surface area contributed by atoms with Crippen LogP contribution >= 0.6 is 0 Å². The molecule has 0 aliphatic heterocycles. The lowest BCUT2D eigenvalue weighted by Crippen LogP contribution is -1.92. The molecule has 2 heteroatoms. The molecule has 0 aliphatic rings. The highest BCUT2D eigenvalue weighted by Gasteiger charge is 1.90. The lowest BCUT2D eigenvalue weighted by atomic mass is 10.2. The fraction of sp³-hybridized carbons (Fsp3) is 0.250. The minimum absolute atomic E-state index is 0.218. The fourth-order valence-corrected chi connectivity index (χ4v) is 0.408. The Labute approximate surface area is 60.7 Å². The first kappa shape index (κ1) is 8.95. The largest absolute Gasteiger partial charge is 0.399 e. The summed E-state index contributed by atoms with van der Waals surface area (Å²) >= 11 is 0. The zero-order valence-electron chi connectivity index (χ0n) is 6.32. The van der Waals surface area contributed by atoms with Crippen molar-refractivity contribution >= 4 is 0 Å². The van der Waals surface area contributed by atoms with E-state index >= 15 is 0 Å². The van der Waals surface area contributed by atoms with Crippen LogP contribution < -0.4 is 5.73 Å². The van der Waals surface area contributed by atoms with Gasteiger partial charge in [-0.1, -0.05) is 6.58 Å². The van der Waals surface area contributed by atoms with Gasteiger partial charge in [0.05, 0.1) is 5.83 Å². The van der Waals surface area contributed by atoms with Crippen molar-refractivity contribution in [1.82, 2.24) is 0 Å². The monoisotopic (exact) mass is 141 g/mol. The highest BCUT2D eigenvalue weighted by atomic mass is 19.1. The maximum absolute atomic E-state index is 12.3. The van der Waals surface area contributed by atoms with Crippen molar-refractivity contribution in [3.8, 4) is 0 Å². The first-order valence-corrected chi connectivity index (χ1v) is 3.00. The zero-order valence-corrected chi connectivity index (χ0v) is 6.32. The predicted molar refractivity (Wildman–Crippen MR) is 41.9 cm³/mol. The Morgan fingerprint density at radius 2 is 2.00 bits per heavy atom. The summed E-state index contributed by atoms with van der Waals surface area (Å²) in [6.07, 6.45) is 3.02. The third kappa shape index (κ3) is 3.07. The molecule has 1 nitrogen and oxygen atoms in total. The minimum atomic E-state index is -0.218. The molecule has 0 bridgehead atoms. The van der Waals surface area contributed by atoms with E-state index in [-0.39, 0.29) is 5.83 Å². The fourth-order valence-electron chi connectivity index (χ4n) is 0.408. The summed E-state index contributed by atoms with van der Waals surface area (Å²) < 4.78 is 12.3. The van der Waals surface area contributed by atoms with E-state index in [1.807, 2.05) is 0 Å². The normalized spacial score (nSPS) is 14.5. The van der Waals surface area contributed by atoms with Crippen LogP contribution in [0.2, 0.25) is 0 Å². The topological polar surface area (TPSA) is 26.0 Å². The van der Waals surface area contributed by atoms with E-state index in [0.29, 0.717) is 11.3 Å². The van der Waals surface area contributed by atoms with Crippen LogP contribution in [0.3, 0.4) is 0 Å².